The van der Waals surface area contributed by atoms with Crippen molar-refractivity contribution < 1.29 is 27.8 Å². The van der Waals surface area contributed by atoms with Gasteiger partial charge in [-0.15, -0.1) is 0 Å². The van der Waals surface area contributed by atoms with Crippen molar-refractivity contribution in [2.45, 2.75) is 24.7 Å². The number of ether oxygens (including phenoxy) is 1. The summed E-state index contributed by atoms with van der Waals surface area (Å²) in [4.78, 5) is 11.2. The van der Waals surface area contributed by atoms with E-state index in [0.29, 0.717) is 18.9 Å². The van der Waals surface area contributed by atoms with Crippen molar-refractivity contribution in [3.05, 3.63) is 29.1 Å². The molecule has 0 atom stereocenters. The van der Waals surface area contributed by atoms with Crippen LogP contribution in [0.25, 0.3) is 0 Å². The Morgan fingerprint density at radius 1 is 1.44 bits per heavy atom. The Bertz CT molecular complexity index is 496. The van der Waals surface area contributed by atoms with Gasteiger partial charge >= 0.3 is 5.97 Å². The molecule has 0 spiro atoms. The van der Waals surface area contributed by atoms with Crippen molar-refractivity contribution in [3.8, 4) is 5.75 Å². The molecule has 1 N–H and O–H groups in total. The molecule has 1 aliphatic carbocycles. The summed E-state index contributed by atoms with van der Waals surface area (Å²) in [6.07, 6.45) is -2.32. The summed E-state index contributed by atoms with van der Waals surface area (Å²) in [5.74, 6) is -2.26. The number of carboxylic acids is 1. The predicted molar refractivity (Wildman–Crippen MR) is 56.5 cm³/mol. The summed E-state index contributed by atoms with van der Waals surface area (Å²) in [7, 11) is 1.17. The monoisotopic (exact) mass is 260 g/mol. The number of rotatable bonds is 4. The molecule has 98 valence electrons. The standard InChI is InChI=1S/C12H11F3O3/c1-18-9-7(10(14)15)4-6(13)5-8(9)12(2-3-12)11(16)17/h4-5,10H,2-3H2,1H3,(H,16,17). The molecule has 1 aliphatic rings. The third kappa shape index (κ3) is 1.81. The minimum Gasteiger partial charge on any atom is -0.496 e. The first-order valence-corrected chi connectivity index (χ1v) is 5.32. The van der Waals surface area contributed by atoms with E-state index in [9.17, 15) is 18.0 Å². The maximum absolute atomic E-state index is 13.3. The molecule has 0 aliphatic heterocycles. The van der Waals surface area contributed by atoms with Gasteiger partial charge in [0.2, 0.25) is 0 Å². The van der Waals surface area contributed by atoms with E-state index in [0.717, 1.165) is 6.07 Å². The first-order valence-electron chi connectivity index (χ1n) is 5.32. The van der Waals surface area contributed by atoms with Crippen LogP contribution in [-0.2, 0) is 10.2 Å². The average Bonchev–Trinajstić information content (AvgIpc) is 3.08. The van der Waals surface area contributed by atoms with Gasteiger partial charge in [-0.05, 0) is 25.0 Å². The van der Waals surface area contributed by atoms with Crippen LogP contribution in [0.3, 0.4) is 0 Å². The zero-order chi connectivity index (χ0) is 13.5. The van der Waals surface area contributed by atoms with E-state index in [4.69, 9.17) is 9.84 Å². The fourth-order valence-corrected chi connectivity index (χ4v) is 2.08. The second-order valence-electron chi connectivity index (χ2n) is 4.26. The molecule has 0 bridgehead atoms. The SMILES string of the molecule is COc1c(C(F)F)cc(F)cc1C1(C(=O)O)CC1. The Hall–Kier alpha value is -1.72. The normalized spacial score (nSPS) is 16.7. The van der Waals surface area contributed by atoms with Crippen LogP contribution in [0.5, 0.6) is 5.75 Å². The number of hydrogen-bond acceptors (Lipinski definition) is 2. The molecule has 1 aromatic carbocycles. The smallest absolute Gasteiger partial charge is 0.314 e. The summed E-state index contributed by atoms with van der Waals surface area (Å²) in [6.45, 7) is 0. The summed E-state index contributed by atoms with van der Waals surface area (Å²) in [5.41, 5.74) is -1.90. The van der Waals surface area contributed by atoms with Crippen molar-refractivity contribution in [2.24, 2.45) is 0 Å². The summed E-state index contributed by atoms with van der Waals surface area (Å²) >= 11 is 0. The predicted octanol–water partition coefficient (Wildman–Crippen LogP) is 2.89. The molecule has 6 heteroatoms. The first-order chi connectivity index (χ1) is 8.42. The third-order valence-corrected chi connectivity index (χ3v) is 3.20. The third-order valence-electron chi connectivity index (χ3n) is 3.20. The number of benzene rings is 1. The Morgan fingerprint density at radius 3 is 2.44 bits per heavy atom. The van der Waals surface area contributed by atoms with Crippen LogP contribution in [0.2, 0.25) is 0 Å². The Balaban J connectivity index is 2.63. The van der Waals surface area contributed by atoms with Crippen LogP contribution >= 0.6 is 0 Å². The van der Waals surface area contributed by atoms with Gasteiger partial charge in [0, 0.05) is 5.56 Å². The van der Waals surface area contributed by atoms with Crippen molar-refractivity contribution in [1.82, 2.24) is 0 Å². The molecule has 0 unspecified atom stereocenters. The van der Waals surface area contributed by atoms with Gasteiger partial charge in [0.1, 0.15) is 11.6 Å². The lowest BCUT2D eigenvalue weighted by Crippen LogP contribution is -2.21. The Labute approximate surface area is 101 Å². The van der Waals surface area contributed by atoms with Gasteiger partial charge in [-0.3, -0.25) is 4.79 Å². The number of methoxy groups -OCH3 is 1. The molecule has 0 aromatic heterocycles. The topological polar surface area (TPSA) is 46.5 Å². The lowest BCUT2D eigenvalue weighted by molar-refractivity contribution is -0.140. The largest absolute Gasteiger partial charge is 0.496 e. The van der Waals surface area contributed by atoms with E-state index in [2.05, 4.69) is 0 Å². The van der Waals surface area contributed by atoms with Crippen molar-refractivity contribution >= 4 is 5.97 Å². The van der Waals surface area contributed by atoms with E-state index in [1.807, 2.05) is 0 Å². The molecule has 1 fully saturated rings. The van der Waals surface area contributed by atoms with E-state index >= 15 is 0 Å². The number of carboxylic acid groups (broad SMARTS) is 1. The highest BCUT2D eigenvalue weighted by atomic mass is 19.3. The van der Waals surface area contributed by atoms with Crippen LogP contribution in [0.15, 0.2) is 12.1 Å². The fraction of sp³-hybridized carbons (Fsp3) is 0.417. The van der Waals surface area contributed by atoms with Crippen LogP contribution in [0.1, 0.15) is 30.4 Å². The summed E-state index contributed by atoms with van der Waals surface area (Å²) in [6, 6.07) is 1.64. The number of alkyl halides is 2. The van der Waals surface area contributed by atoms with Crippen LogP contribution in [0.4, 0.5) is 13.2 Å². The van der Waals surface area contributed by atoms with Gasteiger partial charge < -0.3 is 9.84 Å². The molecule has 1 aromatic rings. The lowest BCUT2D eigenvalue weighted by atomic mass is 9.93. The number of halogens is 3. The highest BCUT2D eigenvalue weighted by Crippen LogP contribution is 2.53. The lowest BCUT2D eigenvalue weighted by Gasteiger charge is -2.18. The molecule has 18 heavy (non-hydrogen) atoms. The van der Waals surface area contributed by atoms with Crippen molar-refractivity contribution in [2.75, 3.05) is 7.11 Å². The molecule has 0 amide bonds. The second kappa shape index (κ2) is 4.19. The quantitative estimate of drug-likeness (QED) is 0.905. The fourth-order valence-electron chi connectivity index (χ4n) is 2.08. The minimum absolute atomic E-state index is 0.00667. The molecular weight excluding hydrogens is 249 g/mol. The average molecular weight is 260 g/mol. The molecule has 3 nitrogen and oxygen atoms in total. The van der Waals surface area contributed by atoms with E-state index < -0.39 is 29.2 Å². The number of aliphatic carboxylic acids is 1. The van der Waals surface area contributed by atoms with E-state index in [1.165, 1.54) is 7.11 Å². The van der Waals surface area contributed by atoms with Crippen LogP contribution < -0.4 is 4.74 Å². The van der Waals surface area contributed by atoms with Crippen LogP contribution in [0, 0.1) is 5.82 Å². The summed E-state index contributed by atoms with van der Waals surface area (Å²) in [5, 5.41) is 9.13. The summed E-state index contributed by atoms with van der Waals surface area (Å²) < 4.78 is 43.8. The zero-order valence-corrected chi connectivity index (χ0v) is 9.54. The van der Waals surface area contributed by atoms with Crippen molar-refractivity contribution in [1.29, 1.82) is 0 Å². The second-order valence-corrected chi connectivity index (χ2v) is 4.26. The molecular formula is C12H11F3O3. The Morgan fingerprint density at radius 2 is 2.06 bits per heavy atom. The minimum atomic E-state index is -2.92. The van der Waals surface area contributed by atoms with Gasteiger partial charge in [-0.25, -0.2) is 13.2 Å². The van der Waals surface area contributed by atoms with E-state index in [1.54, 1.807) is 0 Å². The maximum Gasteiger partial charge on any atom is 0.314 e. The van der Waals surface area contributed by atoms with Gasteiger partial charge in [0.25, 0.3) is 6.43 Å². The number of hydrogen-bond donors (Lipinski definition) is 1. The van der Waals surface area contributed by atoms with Gasteiger partial charge in [-0.2, -0.15) is 0 Å². The molecule has 0 radical (unpaired) electrons. The van der Waals surface area contributed by atoms with E-state index in [-0.39, 0.29) is 11.3 Å². The van der Waals surface area contributed by atoms with Gasteiger partial charge in [0.05, 0.1) is 18.1 Å². The molecule has 0 saturated heterocycles. The molecule has 2 rings (SSSR count). The van der Waals surface area contributed by atoms with Gasteiger partial charge in [0.15, 0.2) is 0 Å². The highest BCUT2D eigenvalue weighted by molar-refractivity contribution is 5.86. The molecule has 1 saturated carbocycles. The first kappa shape index (κ1) is 12.7. The zero-order valence-electron chi connectivity index (χ0n) is 9.54. The molecule has 0 heterocycles. The van der Waals surface area contributed by atoms with Crippen molar-refractivity contribution in [3.63, 3.8) is 0 Å². The van der Waals surface area contributed by atoms with Gasteiger partial charge in [-0.1, -0.05) is 0 Å². The maximum atomic E-state index is 13.3. The Kier molecular flexibility index (Phi) is 2.96. The number of carbonyl (C=O) groups is 1. The van der Waals surface area contributed by atoms with Crippen LogP contribution in [-0.4, -0.2) is 18.2 Å². The highest BCUT2D eigenvalue weighted by Gasteiger charge is 2.54.